The van der Waals surface area contributed by atoms with E-state index in [4.69, 9.17) is 0 Å². The van der Waals surface area contributed by atoms with E-state index in [-0.39, 0.29) is 68.5 Å². The Morgan fingerprint density at radius 2 is 0.839 bits per heavy atom. The van der Waals surface area contributed by atoms with Gasteiger partial charge in [0.1, 0.15) is 23.0 Å². The van der Waals surface area contributed by atoms with E-state index in [1.54, 1.807) is 77.9 Å². The Bertz CT molecular complexity index is 2620. The zero-order valence-corrected chi connectivity index (χ0v) is 34.8. The third kappa shape index (κ3) is 8.18. The van der Waals surface area contributed by atoms with Crippen molar-refractivity contribution in [3.05, 3.63) is 105 Å². The van der Waals surface area contributed by atoms with Crippen LogP contribution >= 0.6 is 0 Å². The van der Waals surface area contributed by atoms with Gasteiger partial charge in [0.05, 0.1) is 0 Å². The van der Waals surface area contributed by atoms with Crippen molar-refractivity contribution >= 4 is 45.9 Å². The molecule has 14 nitrogen and oxygen atoms in total. The van der Waals surface area contributed by atoms with Gasteiger partial charge < -0.3 is 51.1 Å². The molecule has 14 heteroatoms. The first-order valence-corrected chi connectivity index (χ1v) is 19.8. The predicted molar refractivity (Wildman–Crippen MR) is 236 cm³/mol. The van der Waals surface area contributed by atoms with E-state index in [0.717, 1.165) is 12.4 Å². The smallest absolute Gasteiger partial charge is 0.328 e. The van der Waals surface area contributed by atoms with Crippen molar-refractivity contribution < 1.29 is 60.7 Å². The second-order valence-corrected chi connectivity index (χ2v) is 16.0. The van der Waals surface area contributed by atoms with Crippen LogP contribution in [-0.4, -0.2) is 87.5 Å². The Hall–Kier alpha value is -7.48. The highest BCUT2D eigenvalue weighted by Gasteiger charge is 2.30. The third-order valence-corrected chi connectivity index (χ3v) is 11.1. The summed E-state index contributed by atoms with van der Waals surface area (Å²) < 4.78 is 0. The number of carboxylic acid groups (broad SMARTS) is 2. The van der Waals surface area contributed by atoms with Crippen LogP contribution in [0.1, 0.15) is 84.0 Å². The minimum Gasteiger partial charge on any atom is -0.508 e. The summed E-state index contributed by atoms with van der Waals surface area (Å²) in [5.41, 5.74) is 2.17. The summed E-state index contributed by atoms with van der Waals surface area (Å²) in [6.07, 6.45) is 1.93. The highest BCUT2D eigenvalue weighted by Crippen LogP contribution is 2.54. The number of aliphatic imine (C=N–C) groups is 2. The standard InChI is InChI=1S/C48H48N2O12/c1-21(2)35-29-15-23(5)37(43(55)39(29)31(41(53)45(35)57)19-49-33(47(59)60)17-25-7-11-27(51)12-8-25)38-24(6)16-30-36(22(3)4)46(58)42(54)32(40(30)44(38)56)20-50-34(48(61)62)18-26-9-13-28(52)14-10-26/h7-16,19-22,33-34,51-58H,17-18H2,1-6H3,(H,59,60)(H,61,62)/t33-,34-/m0/s1. The van der Waals surface area contributed by atoms with E-state index in [1.807, 2.05) is 0 Å². The molecule has 0 aliphatic heterocycles. The first kappa shape index (κ1) is 44.1. The Balaban J connectivity index is 1.63. The van der Waals surface area contributed by atoms with E-state index in [9.17, 15) is 60.7 Å². The highest BCUT2D eigenvalue weighted by molar-refractivity contribution is 6.15. The molecule has 0 bridgehead atoms. The van der Waals surface area contributed by atoms with Crippen molar-refractivity contribution in [3.8, 4) is 57.1 Å². The number of hydrogen-bond donors (Lipinski definition) is 10. The summed E-state index contributed by atoms with van der Waals surface area (Å²) in [7, 11) is 0. The van der Waals surface area contributed by atoms with Crippen molar-refractivity contribution in [1.82, 2.24) is 0 Å². The monoisotopic (exact) mass is 844 g/mol. The number of benzene rings is 6. The van der Waals surface area contributed by atoms with E-state index >= 15 is 0 Å². The molecule has 0 unspecified atom stereocenters. The van der Waals surface area contributed by atoms with Crippen LogP contribution in [-0.2, 0) is 22.4 Å². The van der Waals surface area contributed by atoms with Crippen LogP contribution in [0.2, 0.25) is 0 Å². The zero-order valence-electron chi connectivity index (χ0n) is 34.8. The Morgan fingerprint density at radius 3 is 1.13 bits per heavy atom. The van der Waals surface area contributed by atoms with Crippen LogP contribution in [0.5, 0.6) is 46.0 Å². The first-order valence-electron chi connectivity index (χ1n) is 19.8. The molecular formula is C48H48N2O12. The van der Waals surface area contributed by atoms with E-state index in [1.165, 1.54) is 24.3 Å². The number of carboxylic acids is 2. The van der Waals surface area contributed by atoms with Gasteiger partial charge in [0.15, 0.2) is 35.1 Å². The summed E-state index contributed by atoms with van der Waals surface area (Å²) in [4.78, 5) is 33.4. The molecule has 0 aliphatic rings. The lowest BCUT2D eigenvalue weighted by Crippen LogP contribution is -2.21. The molecular weight excluding hydrogens is 797 g/mol. The summed E-state index contributed by atoms with van der Waals surface area (Å²) in [5.74, 6) is -6.71. The summed E-state index contributed by atoms with van der Waals surface area (Å²) >= 11 is 0. The molecule has 6 aromatic carbocycles. The minimum atomic E-state index is -1.39. The summed E-state index contributed by atoms with van der Waals surface area (Å²) in [6.45, 7) is 10.4. The summed E-state index contributed by atoms with van der Waals surface area (Å²) in [6, 6.07) is 12.3. The molecule has 10 N–H and O–H groups in total. The number of aromatic hydroxyl groups is 8. The van der Waals surface area contributed by atoms with Gasteiger partial charge in [0, 0.05) is 69.4 Å². The lowest BCUT2D eigenvalue weighted by atomic mass is 9.83. The quantitative estimate of drug-likeness (QED) is 0.0388. The third-order valence-electron chi connectivity index (χ3n) is 11.1. The predicted octanol–water partition coefficient (Wildman–Crippen LogP) is 8.40. The van der Waals surface area contributed by atoms with Crippen molar-refractivity contribution in [3.63, 3.8) is 0 Å². The number of phenolic OH excluding ortho intramolecular Hbond substituents is 8. The number of nitrogens with zero attached hydrogens (tertiary/aromatic N) is 2. The average Bonchev–Trinajstić information content (AvgIpc) is 3.19. The van der Waals surface area contributed by atoms with Gasteiger partial charge in [0.2, 0.25) is 0 Å². The van der Waals surface area contributed by atoms with Crippen LogP contribution in [0.15, 0.2) is 70.6 Å². The SMILES string of the molecule is Cc1cc2c(C(C)C)c(O)c(O)c(C=N[C@@H](Cc3ccc(O)cc3)C(=O)O)c2c(O)c1-c1c(C)cc2c(C(C)C)c(O)c(O)c(C=N[C@@H](Cc3ccc(O)cc3)C(=O)O)c2c1O. The Labute approximate surface area is 356 Å². The van der Waals surface area contributed by atoms with Crippen molar-refractivity contribution in [2.24, 2.45) is 9.98 Å². The first-order chi connectivity index (χ1) is 29.2. The normalized spacial score (nSPS) is 13.0. The molecule has 0 amide bonds. The minimum absolute atomic E-state index is 0.0102. The summed E-state index contributed by atoms with van der Waals surface area (Å²) in [5, 5.41) is 111. The fourth-order valence-electron chi connectivity index (χ4n) is 8.07. The van der Waals surface area contributed by atoms with Crippen molar-refractivity contribution in [1.29, 1.82) is 0 Å². The number of aliphatic carboxylic acids is 2. The molecule has 0 aliphatic carbocycles. The van der Waals surface area contributed by atoms with Crippen LogP contribution in [0.4, 0.5) is 0 Å². The molecule has 62 heavy (non-hydrogen) atoms. The van der Waals surface area contributed by atoms with Gasteiger partial charge in [0.25, 0.3) is 0 Å². The maximum absolute atomic E-state index is 12.4. The van der Waals surface area contributed by atoms with Crippen LogP contribution in [0.25, 0.3) is 32.7 Å². The molecule has 0 heterocycles. The Kier molecular flexibility index (Phi) is 12.3. The number of fused-ring (bicyclic) bond motifs is 2. The molecule has 2 atom stereocenters. The molecule has 322 valence electrons. The number of carbonyl (C=O) groups is 2. The molecule has 0 radical (unpaired) electrons. The number of phenols is 8. The number of aryl methyl sites for hydroxylation is 2. The maximum atomic E-state index is 12.4. The molecule has 6 aromatic rings. The largest absolute Gasteiger partial charge is 0.508 e. The van der Waals surface area contributed by atoms with Crippen LogP contribution in [0, 0.1) is 13.8 Å². The molecule has 6 rings (SSSR count). The number of hydrogen-bond acceptors (Lipinski definition) is 12. The lowest BCUT2D eigenvalue weighted by Gasteiger charge is -2.23. The van der Waals surface area contributed by atoms with Gasteiger partial charge in [-0.1, -0.05) is 64.1 Å². The van der Waals surface area contributed by atoms with Gasteiger partial charge in [-0.15, -0.1) is 0 Å². The van der Waals surface area contributed by atoms with E-state index in [2.05, 4.69) is 9.98 Å². The topological polar surface area (TPSA) is 261 Å². The van der Waals surface area contributed by atoms with Gasteiger partial charge in [-0.2, -0.15) is 0 Å². The average molecular weight is 845 g/mol. The number of rotatable bonds is 13. The molecule has 0 aromatic heterocycles. The fourth-order valence-corrected chi connectivity index (χ4v) is 8.07. The lowest BCUT2D eigenvalue weighted by molar-refractivity contribution is -0.139. The molecule has 0 saturated carbocycles. The van der Waals surface area contributed by atoms with E-state index < -0.39 is 70.4 Å². The van der Waals surface area contributed by atoms with Gasteiger partial charge in [-0.25, -0.2) is 9.59 Å². The van der Waals surface area contributed by atoms with Crippen LogP contribution in [0.3, 0.4) is 0 Å². The van der Waals surface area contributed by atoms with E-state index in [0.29, 0.717) is 33.0 Å². The van der Waals surface area contributed by atoms with Gasteiger partial charge in [-0.05, 0) is 83.0 Å². The highest BCUT2D eigenvalue weighted by atomic mass is 16.4. The molecule has 0 spiro atoms. The van der Waals surface area contributed by atoms with Crippen LogP contribution < -0.4 is 0 Å². The zero-order chi connectivity index (χ0) is 45.5. The van der Waals surface area contributed by atoms with Gasteiger partial charge >= 0.3 is 11.9 Å². The fraction of sp³-hybridized carbons (Fsp3) is 0.250. The van der Waals surface area contributed by atoms with Gasteiger partial charge in [-0.3, -0.25) is 9.98 Å². The second-order valence-electron chi connectivity index (χ2n) is 16.0. The van der Waals surface area contributed by atoms with Crippen molar-refractivity contribution in [2.45, 2.75) is 78.3 Å². The maximum Gasteiger partial charge on any atom is 0.328 e. The molecule has 0 saturated heterocycles. The molecule has 0 fully saturated rings. The second kappa shape index (κ2) is 17.2. The Morgan fingerprint density at radius 1 is 0.516 bits per heavy atom. The van der Waals surface area contributed by atoms with Crippen molar-refractivity contribution in [2.75, 3.05) is 0 Å².